The number of aromatic amines is 1. The van der Waals surface area contributed by atoms with E-state index >= 15 is 0 Å². The van der Waals surface area contributed by atoms with Gasteiger partial charge < -0.3 is 41.8 Å². The lowest BCUT2D eigenvalue weighted by atomic mass is 9.96. The van der Waals surface area contributed by atoms with Crippen LogP contribution in [0, 0.1) is 11.7 Å². The Balaban J connectivity index is 1.46. The van der Waals surface area contributed by atoms with Crippen LogP contribution in [0.4, 0.5) is 4.39 Å². The summed E-state index contributed by atoms with van der Waals surface area (Å²) in [4.78, 5) is 58.5. The Labute approximate surface area is 298 Å². The van der Waals surface area contributed by atoms with Gasteiger partial charge in [-0.1, -0.05) is 44.5 Å². The highest BCUT2D eigenvalue weighted by Crippen LogP contribution is 2.14. The highest BCUT2D eigenvalue weighted by molar-refractivity contribution is 5.90. The predicted octanol–water partition coefficient (Wildman–Crippen LogP) is 2.43. The first kappa shape index (κ1) is 40.6. The molecule has 13 nitrogen and oxygen atoms in total. The van der Waals surface area contributed by atoms with Gasteiger partial charge in [-0.25, -0.2) is 9.37 Å². The number of aliphatic hydroxyl groups is 1. The van der Waals surface area contributed by atoms with E-state index in [4.69, 9.17) is 10.5 Å². The first-order valence-corrected chi connectivity index (χ1v) is 17.4. The van der Waals surface area contributed by atoms with Crippen LogP contribution in [0.25, 0.3) is 0 Å². The molecule has 0 unspecified atom stereocenters. The molecule has 1 heterocycles. The Morgan fingerprint density at radius 3 is 2.25 bits per heavy atom. The minimum Gasteiger partial charge on any atom is -0.497 e. The number of benzene rings is 2. The van der Waals surface area contributed by atoms with E-state index in [0.29, 0.717) is 56.6 Å². The van der Waals surface area contributed by atoms with Crippen molar-refractivity contribution in [3.63, 3.8) is 0 Å². The Bertz CT molecular complexity index is 1500. The zero-order valence-corrected chi connectivity index (χ0v) is 29.6. The van der Waals surface area contributed by atoms with Gasteiger partial charge in [-0.05, 0) is 67.0 Å². The molecule has 8 N–H and O–H groups in total. The molecule has 0 aliphatic carbocycles. The maximum atomic E-state index is 13.6. The summed E-state index contributed by atoms with van der Waals surface area (Å²) in [5.41, 5.74) is 8.48. The van der Waals surface area contributed by atoms with Crippen LogP contribution in [0.15, 0.2) is 61.1 Å². The van der Waals surface area contributed by atoms with E-state index < -0.39 is 36.0 Å². The van der Waals surface area contributed by atoms with Crippen molar-refractivity contribution in [2.24, 2.45) is 11.7 Å². The number of ether oxygens (including phenoxy) is 1. The molecule has 1 aromatic heterocycles. The van der Waals surface area contributed by atoms with Gasteiger partial charge >= 0.3 is 0 Å². The molecule has 0 bridgehead atoms. The largest absolute Gasteiger partial charge is 0.497 e. The quantitative estimate of drug-likeness (QED) is 0.0772. The molecule has 0 aliphatic heterocycles. The third-order valence-electron chi connectivity index (χ3n) is 8.28. The lowest BCUT2D eigenvalue weighted by Crippen LogP contribution is -2.56. The topological polar surface area (TPSA) is 201 Å². The van der Waals surface area contributed by atoms with Gasteiger partial charge in [0.25, 0.3) is 0 Å². The van der Waals surface area contributed by atoms with Crippen molar-refractivity contribution >= 4 is 23.6 Å². The number of nitrogens with two attached hydrogens (primary N) is 1. The molecule has 278 valence electrons. The number of methoxy groups -OCH3 is 1. The molecule has 0 spiro atoms. The normalized spacial score (nSPS) is 13.5. The van der Waals surface area contributed by atoms with E-state index in [1.165, 1.54) is 18.5 Å². The number of carbonyl (C=O) groups excluding carboxylic acids is 4. The second kappa shape index (κ2) is 21.4. The molecule has 4 atom stereocenters. The molecule has 0 fully saturated rings. The second-order valence-corrected chi connectivity index (χ2v) is 13.1. The summed E-state index contributed by atoms with van der Waals surface area (Å²) in [6.07, 6.45) is 4.70. The van der Waals surface area contributed by atoms with Crippen LogP contribution in [-0.4, -0.2) is 76.6 Å². The summed E-state index contributed by atoms with van der Waals surface area (Å²) in [6, 6.07) is 10.4. The average molecular weight is 710 g/mol. The monoisotopic (exact) mass is 709 g/mol. The van der Waals surface area contributed by atoms with Crippen molar-refractivity contribution in [2.75, 3.05) is 13.7 Å². The van der Waals surface area contributed by atoms with Gasteiger partial charge in [-0.15, -0.1) is 0 Å². The Morgan fingerprint density at radius 1 is 0.902 bits per heavy atom. The molecule has 2 aromatic carbocycles. The molecule has 0 aliphatic rings. The summed E-state index contributed by atoms with van der Waals surface area (Å²) < 4.78 is 18.2. The van der Waals surface area contributed by atoms with Gasteiger partial charge in [0.1, 0.15) is 17.6 Å². The highest BCUT2D eigenvalue weighted by atomic mass is 19.1. The number of hydrogen-bond acceptors (Lipinski definition) is 8. The first-order valence-electron chi connectivity index (χ1n) is 17.4. The number of hydrogen-bond donors (Lipinski definition) is 7. The van der Waals surface area contributed by atoms with Gasteiger partial charge in [-0.3, -0.25) is 19.2 Å². The van der Waals surface area contributed by atoms with Crippen molar-refractivity contribution in [3.05, 3.63) is 83.7 Å². The zero-order valence-electron chi connectivity index (χ0n) is 29.6. The van der Waals surface area contributed by atoms with Crippen molar-refractivity contribution in [1.82, 2.24) is 31.2 Å². The smallest absolute Gasteiger partial charge is 0.243 e. The van der Waals surface area contributed by atoms with Crippen molar-refractivity contribution in [1.29, 1.82) is 0 Å². The first-order chi connectivity index (χ1) is 24.4. The number of aliphatic hydroxyl groups excluding tert-OH is 1. The molecular formula is C37H52FN7O6. The van der Waals surface area contributed by atoms with Crippen molar-refractivity contribution in [3.8, 4) is 5.75 Å². The number of carbonyl (C=O) groups is 4. The number of H-pyrrole nitrogens is 1. The van der Waals surface area contributed by atoms with Gasteiger partial charge in [0.2, 0.25) is 23.6 Å². The molecule has 14 heteroatoms. The van der Waals surface area contributed by atoms with E-state index in [-0.39, 0.29) is 42.8 Å². The average Bonchev–Trinajstić information content (AvgIpc) is 3.62. The van der Waals surface area contributed by atoms with Crippen molar-refractivity contribution in [2.45, 2.75) is 96.0 Å². The minimum atomic E-state index is -1.18. The van der Waals surface area contributed by atoms with Crippen LogP contribution in [0.5, 0.6) is 5.75 Å². The fourth-order valence-electron chi connectivity index (χ4n) is 5.43. The van der Waals surface area contributed by atoms with Gasteiger partial charge in [0, 0.05) is 37.8 Å². The molecule has 3 rings (SSSR count). The summed E-state index contributed by atoms with van der Waals surface area (Å²) in [6.45, 7) is 4.59. The maximum Gasteiger partial charge on any atom is 0.243 e. The Kier molecular flexibility index (Phi) is 17.0. The predicted molar refractivity (Wildman–Crippen MR) is 191 cm³/mol. The van der Waals surface area contributed by atoms with Gasteiger partial charge in [0.15, 0.2) is 0 Å². The highest BCUT2D eigenvalue weighted by Gasteiger charge is 2.30. The summed E-state index contributed by atoms with van der Waals surface area (Å²) >= 11 is 0. The standard InChI is InChI=1S/C37H52FN7O6/c1-24(2)17-31(33(46)20-35(48)41-16-6-4-5-7-34(47)42-21-26-8-12-27(38)13-9-26)44-37(50)32(19-28-22-40-23-43-28)45-36(49)30(39)18-25-10-14-29(51-3)15-11-25/h8-15,22-24,30-33,46H,4-7,16-21,39H2,1-3H3,(H,40,43)(H,41,48)(H,42,47)(H,44,50)(H,45,49)/t30-,31-,32-,33-/m0/s1. The van der Waals surface area contributed by atoms with E-state index in [1.54, 1.807) is 37.6 Å². The fourth-order valence-corrected chi connectivity index (χ4v) is 5.43. The number of nitrogens with zero attached hydrogens (tertiary/aromatic N) is 1. The summed E-state index contributed by atoms with van der Waals surface area (Å²) in [7, 11) is 1.56. The molecule has 4 amide bonds. The summed E-state index contributed by atoms with van der Waals surface area (Å²) in [5, 5.41) is 22.3. The number of halogens is 1. The number of aromatic nitrogens is 2. The third kappa shape index (κ3) is 15.3. The van der Waals surface area contributed by atoms with Crippen LogP contribution in [0.2, 0.25) is 0 Å². The van der Waals surface area contributed by atoms with Crippen LogP contribution >= 0.6 is 0 Å². The van der Waals surface area contributed by atoms with Gasteiger partial charge in [-0.2, -0.15) is 0 Å². The Morgan fingerprint density at radius 2 is 1.61 bits per heavy atom. The number of amides is 4. The zero-order chi connectivity index (χ0) is 37.2. The molecule has 0 radical (unpaired) electrons. The van der Waals surface area contributed by atoms with E-state index in [0.717, 1.165) is 11.1 Å². The second-order valence-electron chi connectivity index (χ2n) is 13.1. The molecular weight excluding hydrogens is 657 g/mol. The number of unbranched alkanes of at least 4 members (excludes halogenated alkanes) is 2. The fraction of sp³-hybridized carbons (Fsp3) is 0.486. The van der Waals surface area contributed by atoms with Gasteiger partial charge in [0.05, 0.1) is 38.0 Å². The number of rotatable bonds is 22. The summed E-state index contributed by atoms with van der Waals surface area (Å²) in [5.74, 6) is -1.08. The molecule has 0 saturated carbocycles. The lowest BCUT2D eigenvalue weighted by molar-refractivity contribution is -0.131. The van der Waals surface area contributed by atoms with Crippen molar-refractivity contribution < 1.29 is 33.4 Å². The van der Waals surface area contributed by atoms with E-state index in [2.05, 4.69) is 31.2 Å². The molecule has 0 saturated heterocycles. The lowest BCUT2D eigenvalue weighted by Gasteiger charge is -2.28. The number of nitrogens with one attached hydrogen (secondary N) is 5. The molecule has 51 heavy (non-hydrogen) atoms. The van der Waals surface area contributed by atoms with Crippen LogP contribution in [0.1, 0.15) is 69.2 Å². The SMILES string of the molecule is COc1ccc(C[C@H](N)C(=O)N[C@@H](Cc2cnc[nH]2)C(=O)N[C@@H](CC(C)C)[C@@H](O)CC(=O)NCCCCCC(=O)NCc2ccc(F)cc2)cc1. The Hall–Kier alpha value is -4.82. The van der Waals surface area contributed by atoms with Crippen LogP contribution in [0.3, 0.4) is 0 Å². The third-order valence-corrected chi connectivity index (χ3v) is 8.28. The van der Waals surface area contributed by atoms with Crippen LogP contribution in [-0.2, 0) is 38.6 Å². The minimum absolute atomic E-state index is 0.0828. The number of imidazole rings is 1. The molecule has 3 aromatic rings. The van der Waals surface area contributed by atoms with E-state index in [1.807, 2.05) is 26.0 Å². The maximum absolute atomic E-state index is 13.6. The van der Waals surface area contributed by atoms with E-state index in [9.17, 15) is 28.7 Å². The van der Waals surface area contributed by atoms with Crippen LogP contribution < -0.4 is 31.7 Å².